The molecule has 5 amide bonds. The lowest BCUT2D eigenvalue weighted by atomic mass is 10.1. The molecule has 44 nitrogen and oxygen atoms in total. The molecule has 0 radical (unpaired) electrons. The van der Waals surface area contributed by atoms with Crippen molar-refractivity contribution >= 4 is 59.4 Å². The molecule has 0 unspecified atom stereocenters. The zero-order valence-corrected chi connectivity index (χ0v) is 83.3. The molecule has 0 aliphatic heterocycles. The lowest BCUT2D eigenvalue weighted by Crippen LogP contribution is -2.33. The maximum absolute atomic E-state index is 12.5. The Labute approximate surface area is 803 Å². The molecule has 0 spiro atoms. The summed E-state index contributed by atoms with van der Waals surface area (Å²) in [6.07, 6.45) is 13.8. The number of anilines is 1. The van der Waals surface area contributed by atoms with E-state index in [9.17, 15) is 47.9 Å². The predicted molar refractivity (Wildman–Crippen MR) is 509 cm³/mol. The van der Waals surface area contributed by atoms with Crippen molar-refractivity contribution in [1.29, 1.82) is 5.26 Å². The molecule has 0 aromatic carbocycles. The second-order valence-electron chi connectivity index (χ2n) is 34.0. The average Bonchev–Trinajstić information content (AvgIpc) is 1.52. The van der Waals surface area contributed by atoms with Crippen molar-refractivity contribution in [2.24, 2.45) is 0 Å². The van der Waals surface area contributed by atoms with Crippen molar-refractivity contribution in [3.8, 4) is 92.5 Å². The Kier molecular flexibility index (Phi) is 50.4. The number of nitrogens with two attached hydrogens (primary N) is 1. The van der Waals surface area contributed by atoms with E-state index in [4.69, 9.17) is 91.3 Å². The van der Waals surface area contributed by atoms with Gasteiger partial charge in [-0.15, -0.1) is 0 Å². The van der Waals surface area contributed by atoms with Crippen LogP contribution in [0.5, 0.6) is 63.9 Å². The molecule has 0 bridgehead atoms. The van der Waals surface area contributed by atoms with Crippen molar-refractivity contribution in [1.82, 2.24) is 76.7 Å². The number of alkyl carbamates (subject to hydrolysis) is 5. The number of allylic oxidation sites excluding steroid dienone is 1. The van der Waals surface area contributed by atoms with Crippen LogP contribution in [0.25, 0.3) is 22.6 Å². The van der Waals surface area contributed by atoms with Crippen LogP contribution in [0.1, 0.15) is 198 Å². The number of nitriles is 1. The van der Waals surface area contributed by atoms with Gasteiger partial charge in [-0.1, -0.05) is 5.16 Å². The molecule has 138 heavy (non-hydrogen) atoms. The van der Waals surface area contributed by atoms with E-state index in [-0.39, 0.29) is 71.3 Å². The second kappa shape index (κ2) is 59.5. The predicted octanol–water partition coefficient (Wildman–Crippen LogP) is 13.7. The number of aromatic amines is 2. The average molecular weight is 1930 g/mol. The van der Waals surface area contributed by atoms with Gasteiger partial charge in [0.25, 0.3) is 5.56 Å². The van der Waals surface area contributed by atoms with Crippen molar-refractivity contribution < 1.29 is 123 Å². The zero-order valence-electron chi connectivity index (χ0n) is 83.3. The minimum Gasteiger partial charge on any atom is -0.496 e. The molecule has 0 atom stereocenters. The molecule has 0 aliphatic carbocycles. The number of H-pyrrole nitrogens is 2. The molecule has 0 fully saturated rings. The minimum atomic E-state index is -0.554. The SMILES string of the molecule is COc1cc[nH]c(=O)c1C(C)=O.COc1ccnc(OCCCNC(=O)OC(C)(C)C)c1-c1cc(N)n[nH]1.COc1ccnc(OCCCNC(=O)OC(C)(C)C)c1-c1ccno1.COc1ccnc(OCCCNC(=O)OC(C)(C)C)c1C(=O)/C=C/N(C)C.COc1ccnc(OCCCNC(=O)OC(C)(C)C)c1C(=O)CC#N.COc1ccnc(OCCCNC(=O)OC(C)(C)C)c1C(C)=O. The summed E-state index contributed by atoms with van der Waals surface area (Å²) in [4.78, 5) is 141. The molecule has 0 saturated heterocycles. The molecule has 8 heterocycles. The first kappa shape index (κ1) is 117. The summed E-state index contributed by atoms with van der Waals surface area (Å²) in [5.74, 6) is 3.60. The molecule has 0 aliphatic rings. The van der Waals surface area contributed by atoms with E-state index in [1.54, 1.807) is 142 Å². The van der Waals surface area contributed by atoms with Crippen LogP contribution in [0.15, 0.2) is 114 Å². The van der Waals surface area contributed by atoms with E-state index in [1.807, 2.05) is 55.6 Å². The Morgan fingerprint density at radius 3 is 1.07 bits per heavy atom. The number of hydrogen-bond acceptors (Lipinski definition) is 37. The van der Waals surface area contributed by atoms with Gasteiger partial charge in [0.15, 0.2) is 28.9 Å². The Morgan fingerprint density at radius 1 is 0.435 bits per heavy atom. The van der Waals surface area contributed by atoms with E-state index in [0.717, 1.165) is 0 Å². The Hall–Kier alpha value is -15.2. The molecule has 8 rings (SSSR count). The number of nitrogens with one attached hydrogen (secondary N) is 7. The maximum atomic E-state index is 12.5. The van der Waals surface area contributed by atoms with E-state index >= 15 is 0 Å². The Morgan fingerprint density at radius 2 is 0.754 bits per heavy atom. The van der Waals surface area contributed by atoms with E-state index in [1.165, 1.54) is 91.5 Å². The van der Waals surface area contributed by atoms with Crippen molar-refractivity contribution in [3.05, 3.63) is 137 Å². The van der Waals surface area contributed by atoms with Gasteiger partial charge in [0.1, 0.15) is 102 Å². The summed E-state index contributed by atoms with van der Waals surface area (Å²) in [6, 6.07) is 14.9. The first-order valence-electron chi connectivity index (χ1n) is 43.5. The van der Waals surface area contributed by atoms with Gasteiger partial charge in [-0.3, -0.25) is 29.1 Å². The molecule has 8 aromatic rings. The summed E-state index contributed by atoms with van der Waals surface area (Å²) in [6.45, 7) is 33.3. The maximum Gasteiger partial charge on any atom is 0.407 e. The van der Waals surface area contributed by atoms with Gasteiger partial charge in [0.05, 0.1) is 100 Å². The third kappa shape index (κ3) is 46.1. The highest BCUT2D eigenvalue weighted by molar-refractivity contribution is 6.08. The Bertz CT molecular complexity index is 5290. The number of rotatable bonds is 40. The van der Waals surface area contributed by atoms with Crippen molar-refractivity contribution in [3.63, 3.8) is 0 Å². The van der Waals surface area contributed by atoms with Crippen LogP contribution in [0.3, 0.4) is 0 Å². The van der Waals surface area contributed by atoms with Crippen LogP contribution in [0.2, 0.25) is 0 Å². The smallest absolute Gasteiger partial charge is 0.407 e. The van der Waals surface area contributed by atoms with E-state index in [0.29, 0.717) is 165 Å². The number of hydrogen-bond donors (Lipinski definition) is 8. The number of nitrogens with zero attached hydrogens (tertiary/aromatic N) is 9. The molecule has 9 N–H and O–H groups in total. The lowest BCUT2D eigenvalue weighted by molar-refractivity contribution is 0.0513. The zero-order chi connectivity index (χ0) is 103. The summed E-state index contributed by atoms with van der Waals surface area (Å²) < 4.78 is 90.1. The van der Waals surface area contributed by atoms with E-state index < -0.39 is 69.8 Å². The number of aromatic nitrogens is 9. The van der Waals surface area contributed by atoms with Gasteiger partial charge in [-0.2, -0.15) is 10.4 Å². The number of ether oxygens (including phenoxy) is 16. The number of ketones is 4. The number of carbonyl (C=O) groups is 9. The molecule has 44 heteroatoms. The van der Waals surface area contributed by atoms with Gasteiger partial charge < -0.3 is 123 Å². The topological polar surface area (TPSA) is 567 Å². The molecule has 8 aromatic heterocycles. The van der Waals surface area contributed by atoms with Gasteiger partial charge in [-0.05, 0) is 186 Å². The second-order valence-corrected chi connectivity index (χ2v) is 34.0. The van der Waals surface area contributed by atoms with Gasteiger partial charge in [0.2, 0.25) is 29.4 Å². The van der Waals surface area contributed by atoms with Gasteiger partial charge >= 0.3 is 30.5 Å². The summed E-state index contributed by atoms with van der Waals surface area (Å²) in [5, 5.41) is 32.4. The number of nitrogen functional groups attached to an aromatic ring is 1. The first-order chi connectivity index (χ1) is 65.0. The van der Waals surface area contributed by atoms with Crippen molar-refractivity contribution in [2.75, 3.05) is 128 Å². The number of pyridine rings is 6. The molecular weight excluding hydrogens is 1800 g/mol. The number of amides is 5. The van der Waals surface area contributed by atoms with Crippen LogP contribution in [0, 0.1) is 11.3 Å². The van der Waals surface area contributed by atoms with Crippen LogP contribution in [-0.4, -0.2) is 254 Å². The van der Waals surface area contributed by atoms with Crippen LogP contribution in [-0.2, 0) is 23.7 Å². The van der Waals surface area contributed by atoms with Crippen molar-refractivity contribution in [2.45, 2.75) is 184 Å². The third-order valence-electron chi connectivity index (χ3n) is 16.3. The molecular formula is C94H133N17O27. The highest BCUT2D eigenvalue weighted by atomic mass is 16.6. The lowest BCUT2D eigenvalue weighted by Gasteiger charge is -2.19. The van der Waals surface area contributed by atoms with Gasteiger partial charge in [-0.25, -0.2) is 48.9 Å². The molecule has 756 valence electrons. The number of Topliss-reactive ketones (excluding diaryl/α,β-unsaturated/α-hetero) is 3. The molecule has 0 saturated carbocycles. The van der Waals surface area contributed by atoms with Crippen LogP contribution >= 0.6 is 0 Å². The standard InChI is InChI=1S/C19H29N3O5.C17H25N5O4.2C17H23N3O5.C16H24N2O5.C8H9NO3/c1-19(2,3)27-18(24)21-10-7-13-26-17-16(14(23)9-12-22(4)5)15(25-6)8-11-20-17;1-17(2,3)26-16(23)20-7-5-9-25-15-14(11-10-13(18)22-21-11)12(24-4)6-8-19-15;1-17(2,3)24-16(21)19-8-5-11-23-15-14(13-7-10-20-25-13)12(22-4)6-9-18-15;1-17(2,3)25-16(22)20-9-5-11-24-15-14(12(21)6-8-18)13(23-4)7-10-19-15;1-11(19)13-12(21-5)7-9-17-14(13)22-10-6-8-18-15(20)23-16(2,3)4;1-5(10)7-6(12-2)3-4-9-8(7)11/h8-9,11-12H,7,10,13H2,1-6H3,(H,21,24);6,8,10H,5,7,9H2,1-4H3,(H,20,23)(H3,18,21,22);6-7,9-10H,5,8,11H2,1-4H3,(H,19,21);7,10H,5-6,9,11H2,1-4H3,(H,20,22);7,9H,6,8,10H2,1-5H3,(H,18,20);3-4H,1-2H3,(H,9,11)/b12-9+;;;;;. The summed E-state index contributed by atoms with van der Waals surface area (Å²) >= 11 is 0. The summed E-state index contributed by atoms with van der Waals surface area (Å²) in [5.41, 5.74) is 5.27. The number of methoxy groups -OCH3 is 6. The number of carbonyl (C=O) groups excluding carboxylic acids is 9. The van der Waals surface area contributed by atoms with Crippen LogP contribution < -0.4 is 90.0 Å². The normalized spacial score (nSPS) is 10.8. The Balaban J connectivity index is 0.000000431. The minimum absolute atomic E-state index is 0.0694. The highest BCUT2D eigenvalue weighted by Crippen LogP contribution is 2.39. The van der Waals surface area contributed by atoms with Gasteiger partial charge in [0, 0.05) is 108 Å². The largest absolute Gasteiger partial charge is 0.496 e. The monoisotopic (exact) mass is 1930 g/mol. The van der Waals surface area contributed by atoms with E-state index in [2.05, 4.69) is 71.8 Å². The fourth-order valence-electron chi connectivity index (χ4n) is 10.8. The highest BCUT2D eigenvalue weighted by Gasteiger charge is 2.27. The fraction of sp³-hybridized carbons (Fsp3) is 0.489. The van der Waals surface area contributed by atoms with Crippen LogP contribution in [0.4, 0.5) is 29.8 Å². The quantitative estimate of drug-likeness (QED) is 0.00765. The summed E-state index contributed by atoms with van der Waals surface area (Å²) in [7, 11) is 12.6. The third-order valence-corrected chi connectivity index (χ3v) is 16.3. The first-order valence-corrected chi connectivity index (χ1v) is 43.5. The fourth-order valence-corrected chi connectivity index (χ4v) is 10.8.